The summed E-state index contributed by atoms with van der Waals surface area (Å²) < 4.78 is 94.2. The summed E-state index contributed by atoms with van der Waals surface area (Å²) in [5.41, 5.74) is -4.35. The average molecular weight is 446 g/mol. The number of carbonyl (C=O) groups is 1. The van der Waals surface area contributed by atoms with E-state index >= 15 is 0 Å². The van der Waals surface area contributed by atoms with Crippen LogP contribution in [0.15, 0.2) is 48.5 Å². The van der Waals surface area contributed by atoms with E-state index in [0.717, 1.165) is 49.5 Å². The Balaban J connectivity index is 1.99. The van der Waals surface area contributed by atoms with Gasteiger partial charge in [-0.2, -0.15) is 26.3 Å². The minimum Gasteiger partial charge on any atom is -0.336 e. The van der Waals surface area contributed by atoms with Gasteiger partial charge in [0.1, 0.15) is 5.82 Å². The van der Waals surface area contributed by atoms with Crippen LogP contribution in [0.25, 0.3) is 5.69 Å². The molecule has 0 unspecified atom stereocenters. The molecule has 12 heteroatoms. The first-order valence-corrected chi connectivity index (χ1v) is 8.59. The fraction of sp³-hybridized carbons (Fsp3) is 0.211. The van der Waals surface area contributed by atoms with Crippen molar-refractivity contribution in [3.63, 3.8) is 0 Å². The zero-order chi connectivity index (χ0) is 23.0. The van der Waals surface area contributed by atoms with Crippen LogP contribution in [0.3, 0.4) is 0 Å². The van der Waals surface area contributed by atoms with Crippen LogP contribution < -0.4 is 0 Å². The summed E-state index contributed by atoms with van der Waals surface area (Å²) in [6, 6.07) is 8.42. The molecule has 1 aromatic heterocycles. The molecule has 5 nitrogen and oxygen atoms in total. The number of hydrogen-bond acceptors (Lipinski definition) is 3. The van der Waals surface area contributed by atoms with Gasteiger partial charge in [0.25, 0.3) is 5.91 Å². The number of amides is 1. The molecule has 2 aromatic carbocycles. The van der Waals surface area contributed by atoms with Gasteiger partial charge in [-0.05, 0) is 29.8 Å². The number of nitrogens with zero attached hydrogens (tertiary/aromatic N) is 4. The Bertz CT molecular complexity index is 1110. The van der Waals surface area contributed by atoms with Crippen molar-refractivity contribution in [2.24, 2.45) is 0 Å². The van der Waals surface area contributed by atoms with Gasteiger partial charge < -0.3 is 4.90 Å². The number of hydrogen-bond donors (Lipinski definition) is 0. The Morgan fingerprint density at radius 2 is 1.68 bits per heavy atom. The second kappa shape index (κ2) is 8.00. The van der Waals surface area contributed by atoms with Gasteiger partial charge >= 0.3 is 12.4 Å². The lowest BCUT2D eigenvalue weighted by molar-refractivity contribution is -0.143. The van der Waals surface area contributed by atoms with Crippen molar-refractivity contribution in [2.45, 2.75) is 18.9 Å². The van der Waals surface area contributed by atoms with Crippen LogP contribution in [0.2, 0.25) is 0 Å². The number of carbonyl (C=O) groups excluding carboxylic acids is 1. The van der Waals surface area contributed by atoms with Crippen molar-refractivity contribution < 1.29 is 35.5 Å². The molecule has 0 aliphatic carbocycles. The van der Waals surface area contributed by atoms with E-state index in [0.29, 0.717) is 4.90 Å². The average Bonchev–Trinajstić information content (AvgIpc) is 3.12. The first-order valence-electron chi connectivity index (χ1n) is 8.59. The van der Waals surface area contributed by atoms with Gasteiger partial charge in [-0.15, -0.1) is 5.10 Å². The predicted molar refractivity (Wildman–Crippen MR) is 93.6 cm³/mol. The van der Waals surface area contributed by atoms with Crippen LogP contribution in [0.4, 0.5) is 30.7 Å². The first-order chi connectivity index (χ1) is 14.4. The molecule has 3 aromatic rings. The van der Waals surface area contributed by atoms with Gasteiger partial charge in [0.2, 0.25) is 0 Å². The van der Waals surface area contributed by atoms with E-state index in [-0.39, 0.29) is 15.9 Å². The maximum Gasteiger partial charge on any atom is 0.435 e. The van der Waals surface area contributed by atoms with Crippen LogP contribution in [0, 0.1) is 5.82 Å². The van der Waals surface area contributed by atoms with Crippen molar-refractivity contribution in [3.8, 4) is 5.69 Å². The zero-order valence-corrected chi connectivity index (χ0v) is 15.7. The number of halogens is 7. The zero-order valence-electron chi connectivity index (χ0n) is 15.7. The van der Waals surface area contributed by atoms with Crippen molar-refractivity contribution in [1.82, 2.24) is 19.9 Å². The van der Waals surface area contributed by atoms with E-state index in [1.165, 1.54) is 6.07 Å². The molecule has 1 heterocycles. The van der Waals surface area contributed by atoms with E-state index < -0.39 is 47.6 Å². The summed E-state index contributed by atoms with van der Waals surface area (Å²) in [4.78, 5) is 13.3. The minimum atomic E-state index is -5.11. The summed E-state index contributed by atoms with van der Waals surface area (Å²) in [5.74, 6) is -2.14. The Hall–Kier alpha value is -3.44. The molecule has 31 heavy (non-hydrogen) atoms. The fourth-order valence-electron chi connectivity index (χ4n) is 2.91. The summed E-state index contributed by atoms with van der Waals surface area (Å²) >= 11 is 0. The normalized spacial score (nSPS) is 12.1. The van der Waals surface area contributed by atoms with Crippen molar-refractivity contribution in [2.75, 3.05) is 7.05 Å². The van der Waals surface area contributed by atoms with Crippen LogP contribution in [-0.4, -0.2) is 32.8 Å². The van der Waals surface area contributed by atoms with Crippen LogP contribution in [0.1, 0.15) is 27.3 Å². The molecular formula is C19H13F7N4O. The third-order valence-corrected chi connectivity index (χ3v) is 4.27. The van der Waals surface area contributed by atoms with Gasteiger partial charge in [-0.1, -0.05) is 29.5 Å². The third kappa shape index (κ3) is 4.67. The second-order valence-corrected chi connectivity index (χ2v) is 6.49. The monoisotopic (exact) mass is 446 g/mol. The largest absolute Gasteiger partial charge is 0.435 e. The fourth-order valence-corrected chi connectivity index (χ4v) is 2.91. The molecule has 164 valence electrons. The van der Waals surface area contributed by atoms with Crippen LogP contribution >= 0.6 is 0 Å². The Kier molecular flexibility index (Phi) is 5.74. The quantitative estimate of drug-likeness (QED) is 0.546. The van der Waals surface area contributed by atoms with Crippen LogP contribution in [-0.2, 0) is 18.9 Å². The Morgan fingerprint density at radius 3 is 2.29 bits per heavy atom. The number of benzene rings is 2. The molecule has 0 aliphatic heterocycles. The van der Waals surface area contributed by atoms with E-state index in [1.54, 1.807) is 0 Å². The minimum absolute atomic E-state index is 0.258. The maximum atomic E-state index is 13.7. The van der Waals surface area contributed by atoms with Crippen LogP contribution in [0.5, 0.6) is 0 Å². The van der Waals surface area contributed by atoms with E-state index in [9.17, 15) is 35.5 Å². The summed E-state index contributed by atoms with van der Waals surface area (Å²) in [6.07, 6.45) is -9.82. The molecule has 0 bridgehead atoms. The van der Waals surface area contributed by atoms with E-state index in [2.05, 4.69) is 10.3 Å². The Labute approximate surface area is 170 Å². The highest BCUT2D eigenvalue weighted by Crippen LogP contribution is 2.34. The predicted octanol–water partition coefficient (Wildman–Crippen LogP) is 4.72. The SMILES string of the molecule is CN(Cc1ccccc1C(F)(F)F)C(=O)c1nnn(-c2cccc(F)c2)c1C(F)(F)F. The summed E-state index contributed by atoms with van der Waals surface area (Å²) in [7, 11) is 1.04. The highest BCUT2D eigenvalue weighted by molar-refractivity contribution is 5.93. The maximum absolute atomic E-state index is 13.7. The molecular weight excluding hydrogens is 433 g/mol. The lowest BCUT2D eigenvalue weighted by Crippen LogP contribution is -2.30. The second-order valence-electron chi connectivity index (χ2n) is 6.49. The van der Waals surface area contributed by atoms with Crippen molar-refractivity contribution in [3.05, 3.63) is 76.9 Å². The highest BCUT2D eigenvalue weighted by atomic mass is 19.4. The summed E-state index contributed by atoms with van der Waals surface area (Å²) in [5, 5.41) is 6.59. The summed E-state index contributed by atoms with van der Waals surface area (Å²) in [6.45, 7) is -0.626. The number of rotatable bonds is 4. The molecule has 0 N–H and O–H groups in total. The molecule has 0 saturated carbocycles. The molecule has 1 amide bonds. The van der Waals surface area contributed by atoms with Gasteiger partial charge in [0.05, 0.1) is 11.3 Å². The van der Waals surface area contributed by atoms with E-state index in [4.69, 9.17) is 0 Å². The van der Waals surface area contributed by atoms with E-state index in [1.807, 2.05) is 0 Å². The smallest absolute Gasteiger partial charge is 0.336 e. The third-order valence-electron chi connectivity index (χ3n) is 4.27. The van der Waals surface area contributed by atoms with Crippen molar-refractivity contribution >= 4 is 5.91 Å². The number of aromatic nitrogens is 3. The topological polar surface area (TPSA) is 51.0 Å². The molecule has 0 saturated heterocycles. The molecule has 0 atom stereocenters. The molecule has 0 aliphatic rings. The molecule has 0 radical (unpaired) electrons. The highest BCUT2D eigenvalue weighted by Gasteiger charge is 2.43. The molecule has 3 rings (SSSR count). The molecule has 0 fully saturated rings. The molecule has 0 spiro atoms. The van der Waals surface area contributed by atoms with Gasteiger partial charge in [0.15, 0.2) is 11.4 Å². The van der Waals surface area contributed by atoms with Gasteiger partial charge in [-0.25, -0.2) is 9.07 Å². The Morgan fingerprint density at radius 1 is 1.00 bits per heavy atom. The lowest BCUT2D eigenvalue weighted by Gasteiger charge is -2.20. The first kappa shape index (κ1) is 22.2. The van der Waals surface area contributed by atoms with Gasteiger partial charge in [-0.3, -0.25) is 4.79 Å². The van der Waals surface area contributed by atoms with Gasteiger partial charge in [0, 0.05) is 13.6 Å². The van der Waals surface area contributed by atoms with Crippen molar-refractivity contribution in [1.29, 1.82) is 0 Å². The lowest BCUT2D eigenvalue weighted by atomic mass is 10.1. The standard InChI is InChI=1S/C19H13F7N4O/c1-29(10-11-5-2-3-8-14(11)18(21,22)23)17(31)15-16(19(24,25)26)30(28-27-15)13-7-4-6-12(20)9-13/h2-9H,10H2,1H3. The number of alkyl halides is 6.